The van der Waals surface area contributed by atoms with Crippen molar-refractivity contribution in [2.45, 2.75) is 38.3 Å². The Labute approximate surface area is 153 Å². The summed E-state index contributed by atoms with van der Waals surface area (Å²) in [6.45, 7) is 3.84. The Morgan fingerprint density at radius 1 is 1.04 bits per heavy atom. The van der Waals surface area contributed by atoms with Gasteiger partial charge in [0, 0.05) is 5.92 Å². The number of carbonyl (C=O) groups is 2. The quantitative estimate of drug-likeness (QED) is 0.744. The number of amides is 2. The molecular formula is C21H24N2O3. The van der Waals surface area contributed by atoms with Crippen LogP contribution in [0, 0.1) is 5.92 Å². The van der Waals surface area contributed by atoms with Crippen LogP contribution in [0.4, 0.5) is 0 Å². The molecule has 2 aromatic rings. The van der Waals surface area contributed by atoms with Gasteiger partial charge in [0.1, 0.15) is 12.1 Å². The van der Waals surface area contributed by atoms with Gasteiger partial charge in [-0.1, -0.05) is 62.4 Å². The molecule has 4 N–H and O–H groups in total. The molecule has 5 nitrogen and oxygen atoms in total. The molecule has 0 fully saturated rings. The number of aliphatic hydroxyl groups is 1. The lowest BCUT2D eigenvalue weighted by molar-refractivity contribution is -0.134. The third-order valence-electron chi connectivity index (χ3n) is 4.82. The summed E-state index contributed by atoms with van der Waals surface area (Å²) in [5.74, 6) is -1.39. The van der Waals surface area contributed by atoms with Crippen molar-refractivity contribution in [3.63, 3.8) is 0 Å². The minimum Gasteiger partial charge on any atom is -0.383 e. The summed E-state index contributed by atoms with van der Waals surface area (Å²) < 4.78 is 0. The summed E-state index contributed by atoms with van der Waals surface area (Å²) in [7, 11) is 0. The number of nitrogens with one attached hydrogen (secondary N) is 1. The van der Waals surface area contributed by atoms with Crippen molar-refractivity contribution >= 4 is 11.8 Å². The first-order valence-electron chi connectivity index (χ1n) is 8.86. The van der Waals surface area contributed by atoms with E-state index in [1.807, 2.05) is 62.4 Å². The average Bonchev–Trinajstić information content (AvgIpc) is 2.93. The number of hydrogen-bond donors (Lipinski definition) is 3. The smallest absolute Gasteiger partial charge is 0.249 e. The zero-order chi connectivity index (χ0) is 18.8. The van der Waals surface area contributed by atoms with Crippen LogP contribution in [-0.2, 0) is 9.59 Å². The maximum Gasteiger partial charge on any atom is 0.249 e. The number of primary amides is 1. The van der Waals surface area contributed by atoms with Gasteiger partial charge >= 0.3 is 0 Å². The zero-order valence-corrected chi connectivity index (χ0v) is 15.0. The Morgan fingerprint density at radius 2 is 1.54 bits per heavy atom. The fourth-order valence-electron chi connectivity index (χ4n) is 3.68. The fraction of sp³-hybridized carbons (Fsp3) is 0.333. The van der Waals surface area contributed by atoms with Gasteiger partial charge in [-0.15, -0.1) is 0 Å². The number of benzene rings is 2. The van der Waals surface area contributed by atoms with Gasteiger partial charge in [0.2, 0.25) is 11.8 Å². The molecule has 0 aliphatic heterocycles. The van der Waals surface area contributed by atoms with Crippen LogP contribution in [0.15, 0.2) is 48.5 Å². The molecule has 0 bridgehead atoms. The normalized spacial score (nSPS) is 15.2. The van der Waals surface area contributed by atoms with E-state index in [9.17, 15) is 14.7 Å². The maximum absolute atomic E-state index is 12.4. The second-order valence-electron chi connectivity index (χ2n) is 7.19. The third-order valence-corrected chi connectivity index (χ3v) is 4.82. The number of hydrogen-bond acceptors (Lipinski definition) is 3. The molecular weight excluding hydrogens is 328 g/mol. The molecule has 3 rings (SSSR count). The maximum atomic E-state index is 12.4. The van der Waals surface area contributed by atoms with E-state index in [2.05, 4.69) is 5.32 Å². The third kappa shape index (κ3) is 3.35. The number of aliphatic hydroxyl groups excluding tert-OH is 1. The van der Waals surface area contributed by atoms with Gasteiger partial charge in [0.05, 0.1) is 0 Å². The first-order chi connectivity index (χ1) is 12.4. The van der Waals surface area contributed by atoms with Crippen molar-refractivity contribution in [1.29, 1.82) is 0 Å². The van der Waals surface area contributed by atoms with Gasteiger partial charge in [-0.2, -0.15) is 0 Å². The molecule has 136 valence electrons. The summed E-state index contributed by atoms with van der Waals surface area (Å²) in [6, 6.07) is 14.7. The molecule has 0 radical (unpaired) electrons. The Bertz CT molecular complexity index is 786. The molecule has 0 saturated carbocycles. The van der Waals surface area contributed by atoms with Gasteiger partial charge in [0.15, 0.2) is 0 Å². The van der Waals surface area contributed by atoms with E-state index in [0.717, 1.165) is 22.3 Å². The molecule has 1 aliphatic carbocycles. The Balaban J connectivity index is 1.96. The van der Waals surface area contributed by atoms with Crippen LogP contribution in [0.3, 0.4) is 0 Å². The van der Waals surface area contributed by atoms with Gasteiger partial charge < -0.3 is 16.2 Å². The average molecular weight is 352 g/mol. The van der Waals surface area contributed by atoms with Crippen LogP contribution in [0.5, 0.6) is 0 Å². The second kappa shape index (κ2) is 7.30. The monoisotopic (exact) mass is 352 g/mol. The van der Waals surface area contributed by atoms with Crippen molar-refractivity contribution in [3.8, 4) is 11.1 Å². The molecule has 2 aromatic carbocycles. The Kier molecular flexibility index (Phi) is 5.09. The number of carbonyl (C=O) groups excluding carboxylic acids is 2. The highest BCUT2D eigenvalue weighted by Gasteiger charge is 2.38. The lowest BCUT2D eigenvalue weighted by Gasteiger charge is -2.25. The summed E-state index contributed by atoms with van der Waals surface area (Å²) in [5, 5.41) is 12.8. The van der Waals surface area contributed by atoms with Gasteiger partial charge in [-0.25, -0.2) is 0 Å². The van der Waals surface area contributed by atoms with Crippen LogP contribution in [-0.4, -0.2) is 29.1 Å². The second-order valence-corrected chi connectivity index (χ2v) is 7.19. The standard InChI is InChI=1S/C21H24N2O3/c1-12(2)11-17(24)21(26)23-19(20(22)25)18-15-9-5-3-7-13(15)14-8-4-6-10-16(14)18/h3-10,12,17-19,24H,11H2,1-2H3,(H2,22,25)(H,23,26)/t17-,19+/m1/s1. The van der Waals surface area contributed by atoms with E-state index < -0.39 is 24.0 Å². The summed E-state index contributed by atoms with van der Waals surface area (Å²) in [4.78, 5) is 24.6. The zero-order valence-electron chi connectivity index (χ0n) is 15.0. The number of nitrogens with two attached hydrogens (primary N) is 1. The lowest BCUT2D eigenvalue weighted by Crippen LogP contribution is -2.51. The van der Waals surface area contributed by atoms with E-state index in [4.69, 9.17) is 5.73 Å². The minimum atomic E-state index is -1.16. The molecule has 0 saturated heterocycles. The van der Waals surface area contributed by atoms with E-state index in [0.29, 0.717) is 6.42 Å². The highest BCUT2D eigenvalue weighted by atomic mass is 16.3. The Morgan fingerprint density at radius 3 is 2.00 bits per heavy atom. The van der Waals surface area contributed by atoms with Crippen LogP contribution in [0.25, 0.3) is 11.1 Å². The van der Waals surface area contributed by atoms with E-state index in [1.54, 1.807) is 0 Å². The minimum absolute atomic E-state index is 0.163. The lowest BCUT2D eigenvalue weighted by atomic mass is 9.88. The highest BCUT2D eigenvalue weighted by molar-refractivity contribution is 5.92. The first-order valence-corrected chi connectivity index (χ1v) is 8.86. The predicted octanol–water partition coefficient (Wildman–Crippen LogP) is 2.18. The van der Waals surface area contributed by atoms with Crippen LogP contribution in [0.2, 0.25) is 0 Å². The van der Waals surface area contributed by atoms with Gasteiger partial charge in [-0.05, 0) is 34.6 Å². The summed E-state index contributed by atoms with van der Waals surface area (Å²) in [6.07, 6.45) is -0.835. The van der Waals surface area contributed by atoms with Crippen molar-refractivity contribution in [2.24, 2.45) is 11.7 Å². The molecule has 5 heteroatoms. The van der Waals surface area contributed by atoms with Gasteiger partial charge in [0.25, 0.3) is 0 Å². The SMILES string of the molecule is CC(C)C[C@@H](O)C(=O)N[C@H](C(N)=O)C1c2ccccc2-c2ccccc21. The molecule has 0 spiro atoms. The van der Waals surface area contributed by atoms with E-state index >= 15 is 0 Å². The fourth-order valence-corrected chi connectivity index (χ4v) is 3.68. The summed E-state index contributed by atoms with van der Waals surface area (Å²) in [5.41, 5.74) is 9.63. The van der Waals surface area contributed by atoms with Crippen LogP contribution in [0.1, 0.15) is 37.3 Å². The van der Waals surface area contributed by atoms with Crippen molar-refractivity contribution in [2.75, 3.05) is 0 Å². The Hall–Kier alpha value is -2.66. The first kappa shape index (κ1) is 18.1. The molecule has 2 atom stereocenters. The van der Waals surface area contributed by atoms with Crippen LogP contribution < -0.4 is 11.1 Å². The van der Waals surface area contributed by atoms with Crippen molar-refractivity contribution < 1.29 is 14.7 Å². The number of fused-ring (bicyclic) bond motifs is 3. The molecule has 0 aromatic heterocycles. The molecule has 0 unspecified atom stereocenters. The largest absolute Gasteiger partial charge is 0.383 e. The van der Waals surface area contributed by atoms with Crippen LogP contribution >= 0.6 is 0 Å². The van der Waals surface area contributed by atoms with Gasteiger partial charge in [-0.3, -0.25) is 9.59 Å². The molecule has 0 heterocycles. The molecule has 2 amide bonds. The van der Waals surface area contributed by atoms with E-state index in [1.165, 1.54) is 0 Å². The molecule has 1 aliphatic rings. The number of rotatable bonds is 6. The van der Waals surface area contributed by atoms with Crippen molar-refractivity contribution in [1.82, 2.24) is 5.32 Å². The van der Waals surface area contributed by atoms with Crippen molar-refractivity contribution in [3.05, 3.63) is 59.7 Å². The van der Waals surface area contributed by atoms with E-state index in [-0.39, 0.29) is 11.8 Å². The summed E-state index contributed by atoms with van der Waals surface area (Å²) >= 11 is 0. The predicted molar refractivity (Wildman–Crippen MR) is 100 cm³/mol. The topological polar surface area (TPSA) is 92.4 Å². The molecule has 26 heavy (non-hydrogen) atoms. The highest BCUT2D eigenvalue weighted by Crippen LogP contribution is 2.46.